The summed E-state index contributed by atoms with van der Waals surface area (Å²) in [7, 11) is 0. The minimum Gasteiger partial charge on any atom is -0.494 e. The second-order valence-corrected chi connectivity index (χ2v) is 11.5. The van der Waals surface area contributed by atoms with E-state index in [0.29, 0.717) is 23.1 Å². The van der Waals surface area contributed by atoms with E-state index in [4.69, 9.17) is 38.7 Å². The zero-order valence-electron chi connectivity index (χ0n) is 23.4. The largest absolute Gasteiger partial charge is 0.494 e. The Morgan fingerprint density at radius 3 is 2.26 bits per heavy atom. The van der Waals surface area contributed by atoms with Gasteiger partial charge in [0.1, 0.15) is 5.75 Å². The van der Waals surface area contributed by atoms with E-state index in [1.54, 1.807) is 0 Å². The van der Waals surface area contributed by atoms with Crippen LogP contribution in [0.1, 0.15) is 47.4 Å². The first-order chi connectivity index (χ1) is 20.4. The third-order valence-electron chi connectivity index (χ3n) is 7.83. The number of carbonyl (C=O) groups excluding carboxylic acids is 1. The molecular weight excluding hydrogens is 563 g/mol. The molecule has 1 amide bonds. The number of hydrogen-bond acceptors (Lipinski definition) is 3. The third kappa shape index (κ3) is 7.31. The van der Waals surface area contributed by atoms with E-state index in [0.717, 1.165) is 36.1 Å². The summed E-state index contributed by atoms with van der Waals surface area (Å²) in [4.78, 5) is 16.5. The summed E-state index contributed by atoms with van der Waals surface area (Å²) in [6.45, 7) is 0.518. The van der Waals surface area contributed by atoms with Crippen LogP contribution in [0.4, 0.5) is 0 Å². The highest BCUT2D eigenvalue weighted by Gasteiger charge is 2.38. The summed E-state index contributed by atoms with van der Waals surface area (Å²) in [5.41, 5.74) is 10.5. The first kappa shape index (κ1) is 29.6. The second kappa shape index (κ2) is 13.9. The molecule has 5 rings (SSSR count). The van der Waals surface area contributed by atoms with Crippen molar-refractivity contribution in [2.24, 2.45) is 10.7 Å². The van der Waals surface area contributed by atoms with E-state index in [2.05, 4.69) is 66.7 Å². The number of halogens is 2. The Labute approximate surface area is 257 Å². The molecule has 42 heavy (non-hydrogen) atoms. The SMILES string of the molecule is NC(=O)Cc1cccc(OCCCC2(CC(c3ccccc3)c3ccccc3)N=CC=C2Cc2cccc(Cl)c2Cl)c1. The van der Waals surface area contributed by atoms with Gasteiger partial charge in [0.25, 0.3) is 0 Å². The number of ether oxygens (including phenoxy) is 1. The van der Waals surface area contributed by atoms with Crippen molar-refractivity contribution in [3.8, 4) is 5.75 Å². The summed E-state index contributed by atoms with van der Waals surface area (Å²) < 4.78 is 6.13. The molecule has 0 aliphatic carbocycles. The summed E-state index contributed by atoms with van der Waals surface area (Å²) in [6, 6.07) is 34.6. The molecule has 0 radical (unpaired) electrons. The Morgan fingerprint density at radius 2 is 1.57 bits per heavy atom. The van der Waals surface area contributed by atoms with Gasteiger partial charge in [0.2, 0.25) is 5.91 Å². The minimum atomic E-state index is -0.445. The number of primary amides is 1. The quantitative estimate of drug-likeness (QED) is 0.157. The number of rotatable bonds is 13. The molecule has 4 aromatic carbocycles. The van der Waals surface area contributed by atoms with Gasteiger partial charge in [-0.1, -0.05) is 108 Å². The van der Waals surface area contributed by atoms with E-state index in [9.17, 15) is 4.79 Å². The summed E-state index contributed by atoms with van der Waals surface area (Å²) in [5.74, 6) is 0.511. The lowest BCUT2D eigenvalue weighted by Crippen LogP contribution is -2.32. The van der Waals surface area contributed by atoms with Crippen LogP contribution in [0.25, 0.3) is 0 Å². The fraction of sp³-hybridized carbons (Fsp3) is 0.222. The van der Waals surface area contributed by atoms with E-state index < -0.39 is 5.54 Å². The van der Waals surface area contributed by atoms with Gasteiger partial charge in [-0.15, -0.1) is 0 Å². The molecule has 0 saturated heterocycles. The van der Waals surface area contributed by atoms with E-state index >= 15 is 0 Å². The van der Waals surface area contributed by atoms with Crippen LogP contribution < -0.4 is 10.5 Å². The molecule has 4 aromatic rings. The molecule has 1 aliphatic rings. The van der Waals surface area contributed by atoms with Gasteiger partial charge in [-0.3, -0.25) is 9.79 Å². The molecule has 0 saturated carbocycles. The fourth-order valence-corrected chi connectivity index (χ4v) is 6.16. The van der Waals surface area contributed by atoms with Crippen molar-refractivity contribution in [3.63, 3.8) is 0 Å². The first-order valence-electron chi connectivity index (χ1n) is 14.2. The van der Waals surface area contributed by atoms with Crippen molar-refractivity contribution in [2.45, 2.75) is 43.6 Å². The maximum Gasteiger partial charge on any atom is 0.221 e. The van der Waals surface area contributed by atoms with Crippen LogP contribution in [-0.2, 0) is 17.6 Å². The Morgan fingerprint density at radius 1 is 0.881 bits per heavy atom. The van der Waals surface area contributed by atoms with Gasteiger partial charge in [-0.05, 0) is 77.8 Å². The van der Waals surface area contributed by atoms with Crippen molar-refractivity contribution in [2.75, 3.05) is 6.61 Å². The molecule has 6 heteroatoms. The smallest absolute Gasteiger partial charge is 0.221 e. The summed E-state index contributed by atoms with van der Waals surface area (Å²) >= 11 is 13.0. The van der Waals surface area contributed by atoms with E-state index in [1.165, 1.54) is 16.7 Å². The molecule has 0 bridgehead atoms. The molecule has 2 N–H and O–H groups in total. The minimum absolute atomic E-state index is 0.146. The number of nitrogens with two attached hydrogens (primary N) is 1. The zero-order valence-corrected chi connectivity index (χ0v) is 24.9. The van der Waals surface area contributed by atoms with Crippen LogP contribution in [0, 0.1) is 0 Å². The number of amides is 1. The van der Waals surface area contributed by atoms with Crippen molar-refractivity contribution in [3.05, 3.63) is 147 Å². The van der Waals surface area contributed by atoms with Crippen molar-refractivity contribution in [1.29, 1.82) is 0 Å². The van der Waals surface area contributed by atoms with Crippen molar-refractivity contribution >= 4 is 35.3 Å². The molecule has 1 unspecified atom stereocenters. The van der Waals surface area contributed by atoms with Gasteiger partial charge in [-0.25, -0.2) is 0 Å². The number of hydrogen-bond donors (Lipinski definition) is 1. The van der Waals surface area contributed by atoms with Crippen LogP contribution in [0.2, 0.25) is 10.0 Å². The average molecular weight is 598 g/mol. The highest BCUT2D eigenvalue weighted by Crippen LogP contribution is 2.44. The van der Waals surface area contributed by atoms with Crippen LogP contribution in [-0.4, -0.2) is 24.3 Å². The number of benzene rings is 4. The third-order valence-corrected chi connectivity index (χ3v) is 8.69. The zero-order chi connectivity index (χ0) is 29.4. The highest BCUT2D eigenvalue weighted by atomic mass is 35.5. The van der Waals surface area contributed by atoms with Crippen molar-refractivity contribution < 1.29 is 9.53 Å². The molecule has 0 aromatic heterocycles. The predicted octanol–water partition coefficient (Wildman–Crippen LogP) is 8.39. The predicted molar refractivity (Wildman–Crippen MR) is 173 cm³/mol. The Kier molecular flexibility index (Phi) is 9.78. The molecular formula is C36H34Cl2N2O2. The van der Waals surface area contributed by atoms with Gasteiger partial charge in [0.05, 0.1) is 28.6 Å². The summed E-state index contributed by atoms with van der Waals surface area (Å²) in [6.07, 6.45) is 7.31. The molecule has 1 aliphatic heterocycles. The number of carbonyl (C=O) groups is 1. The maximum atomic E-state index is 11.4. The van der Waals surface area contributed by atoms with Crippen LogP contribution in [0.15, 0.2) is 120 Å². The van der Waals surface area contributed by atoms with Crippen molar-refractivity contribution in [1.82, 2.24) is 0 Å². The monoisotopic (exact) mass is 596 g/mol. The van der Waals surface area contributed by atoms with E-state index in [-0.39, 0.29) is 18.2 Å². The van der Waals surface area contributed by atoms with Gasteiger partial charge in [0.15, 0.2) is 0 Å². The molecule has 214 valence electrons. The Hall–Kier alpha value is -3.86. The van der Waals surface area contributed by atoms with Crippen LogP contribution in [0.5, 0.6) is 5.75 Å². The number of nitrogens with zero attached hydrogens (tertiary/aromatic N) is 1. The molecule has 1 heterocycles. The van der Waals surface area contributed by atoms with Crippen LogP contribution >= 0.6 is 23.2 Å². The summed E-state index contributed by atoms with van der Waals surface area (Å²) in [5, 5.41) is 1.14. The van der Waals surface area contributed by atoms with Gasteiger partial charge in [0, 0.05) is 12.1 Å². The van der Waals surface area contributed by atoms with E-state index in [1.807, 2.05) is 48.7 Å². The molecule has 1 atom stereocenters. The number of aliphatic imine (C=N–C) groups is 1. The normalized spacial score (nSPS) is 16.0. The Bertz CT molecular complexity index is 1530. The maximum absolute atomic E-state index is 11.4. The van der Waals surface area contributed by atoms with Gasteiger partial charge < -0.3 is 10.5 Å². The Balaban J connectivity index is 1.41. The first-order valence-corrected chi connectivity index (χ1v) is 15.0. The lowest BCUT2D eigenvalue weighted by molar-refractivity contribution is -0.117. The lowest BCUT2D eigenvalue weighted by Gasteiger charge is -2.35. The highest BCUT2D eigenvalue weighted by molar-refractivity contribution is 6.42. The van der Waals surface area contributed by atoms with Crippen LogP contribution in [0.3, 0.4) is 0 Å². The average Bonchev–Trinajstić information content (AvgIpc) is 3.39. The van der Waals surface area contributed by atoms with Gasteiger partial charge in [-0.2, -0.15) is 0 Å². The number of allylic oxidation sites excluding steroid dienone is 1. The lowest BCUT2D eigenvalue weighted by atomic mass is 9.73. The fourth-order valence-electron chi connectivity index (χ4n) is 5.77. The standard InChI is InChI=1S/C36H34Cl2N2O2/c37-33-17-8-15-29(35(33)38)24-30-18-20-40-36(30,19-9-21-42-31-16-7-10-26(22-31)23-34(39)41)25-32(27-11-3-1-4-12-27)28-13-5-2-6-14-28/h1-8,10-18,20,22,32H,9,19,21,23-25H2,(H2,39,41). The second-order valence-electron chi connectivity index (χ2n) is 10.7. The topological polar surface area (TPSA) is 64.7 Å². The molecule has 4 nitrogen and oxygen atoms in total. The molecule has 0 spiro atoms. The molecule has 0 fully saturated rings. The van der Waals surface area contributed by atoms with Gasteiger partial charge >= 0.3 is 0 Å².